The van der Waals surface area contributed by atoms with Gasteiger partial charge >= 0.3 is 12.0 Å². The maximum Gasteiger partial charge on any atom is 0.355 e. The monoisotopic (exact) mass is 300 g/mol. The van der Waals surface area contributed by atoms with E-state index in [1.807, 2.05) is 0 Å². The van der Waals surface area contributed by atoms with Crippen LogP contribution >= 0.6 is 11.3 Å². The molecule has 110 valence electrons. The van der Waals surface area contributed by atoms with E-state index >= 15 is 0 Å². The number of carboxylic acid groups (broad SMARTS) is 1. The van der Waals surface area contributed by atoms with Crippen LogP contribution in [0.15, 0.2) is 5.38 Å². The van der Waals surface area contributed by atoms with E-state index in [-0.39, 0.29) is 11.6 Å². The first-order valence-electron chi connectivity index (χ1n) is 5.87. The van der Waals surface area contributed by atoms with E-state index < -0.39 is 18.0 Å². The van der Waals surface area contributed by atoms with E-state index in [4.69, 9.17) is 5.11 Å². The van der Waals surface area contributed by atoms with Gasteiger partial charge in [-0.3, -0.25) is 4.79 Å². The van der Waals surface area contributed by atoms with Gasteiger partial charge in [-0.2, -0.15) is 0 Å². The molecule has 0 aromatic carbocycles. The predicted octanol–water partition coefficient (Wildman–Crippen LogP) is -0.183. The van der Waals surface area contributed by atoms with Crippen molar-refractivity contribution in [3.8, 4) is 0 Å². The van der Waals surface area contributed by atoms with E-state index in [0.29, 0.717) is 18.0 Å². The van der Waals surface area contributed by atoms with Gasteiger partial charge in [0.05, 0.1) is 5.01 Å². The molecular formula is C11H16N4O4S. The molecule has 4 N–H and O–H groups in total. The van der Waals surface area contributed by atoms with Crippen molar-refractivity contribution in [1.82, 2.24) is 20.9 Å². The third-order valence-electron chi connectivity index (χ3n) is 2.38. The topological polar surface area (TPSA) is 120 Å². The smallest absolute Gasteiger partial charge is 0.355 e. The van der Waals surface area contributed by atoms with Crippen LogP contribution in [0.3, 0.4) is 0 Å². The number of hydrogen-bond acceptors (Lipinski definition) is 5. The van der Waals surface area contributed by atoms with Crippen LogP contribution < -0.4 is 16.0 Å². The number of aromatic nitrogens is 1. The molecule has 9 heteroatoms. The Hall–Kier alpha value is -2.16. The van der Waals surface area contributed by atoms with Crippen molar-refractivity contribution in [2.45, 2.75) is 19.4 Å². The average Bonchev–Trinajstić information content (AvgIpc) is 2.86. The maximum absolute atomic E-state index is 11.5. The molecule has 20 heavy (non-hydrogen) atoms. The Labute approximate surface area is 119 Å². The molecule has 1 rings (SSSR count). The van der Waals surface area contributed by atoms with Crippen molar-refractivity contribution in [2.24, 2.45) is 0 Å². The third kappa shape index (κ3) is 4.84. The molecule has 0 spiro atoms. The number of urea groups is 1. The van der Waals surface area contributed by atoms with Gasteiger partial charge in [-0.25, -0.2) is 14.6 Å². The van der Waals surface area contributed by atoms with Crippen molar-refractivity contribution < 1.29 is 19.5 Å². The van der Waals surface area contributed by atoms with Crippen molar-refractivity contribution in [3.63, 3.8) is 0 Å². The van der Waals surface area contributed by atoms with Gasteiger partial charge < -0.3 is 21.1 Å². The number of aromatic carboxylic acids is 1. The molecule has 0 fully saturated rings. The van der Waals surface area contributed by atoms with Gasteiger partial charge in [0.25, 0.3) is 0 Å². The van der Waals surface area contributed by atoms with Crippen LogP contribution in [-0.2, 0) is 11.2 Å². The van der Waals surface area contributed by atoms with Crippen LogP contribution in [-0.4, -0.2) is 47.6 Å². The Morgan fingerprint density at radius 3 is 2.70 bits per heavy atom. The minimum Gasteiger partial charge on any atom is -0.476 e. The molecule has 3 amide bonds. The zero-order chi connectivity index (χ0) is 15.1. The highest BCUT2D eigenvalue weighted by atomic mass is 32.1. The lowest BCUT2D eigenvalue weighted by atomic mass is 10.3. The Morgan fingerprint density at radius 1 is 1.45 bits per heavy atom. The molecule has 8 nitrogen and oxygen atoms in total. The average molecular weight is 300 g/mol. The van der Waals surface area contributed by atoms with Gasteiger partial charge in [-0.1, -0.05) is 0 Å². The third-order valence-corrected chi connectivity index (χ3v) is 3.29. The zero-order valence-electron chi connectivity index (χ0n) is 11.1. The highest BCUT2D eigenvalue weighted by Gasteiger charge is 2.13. The molecule has 0 aliphatic carbocycles. The Morgan fingerprint density at radius 2 is 2.15 bits per heavy atom. The summed E-state index contributed by atoms with van der Waals surface area (Å²) in [5, 5.41) is 18.2. The lowest BCUT2D eigenvalue weighted by Crippen LogP contribution is -2.48. The standard InChI is InChI=1S/C11H16N4O4S/c1-6(9(16)12-2)14-11(19)13-4-3-8-15-7(5-20-8)10(17)18/h5-6H,3-4H2,1-2H3,(H,12,16)(H,17,18)(H2,13,14,19). The largest absolute Gasteiger partial charge is 0.476 e. The van der Waals surface area contributed by atoms with Crippen molar-refractivity contribution in [3.05, 3.63) is 16.1 Å². The minimum atomic E-state index is -1.07. The summed E-state index contributed by atoms with van der Waals surface area (Å²) in [6.07, 6.45) is 0.430. The molecule has 1 atom stereocenters. The second-order valence-electron chi connectivity index (χ2n) is 3.92. The number of nitrogens with zero attached hydrogens (tertiary/aromatic N) is 1. The first-order valence-corrected chi connectivity index (χ1v) is 6.75. The number of nitrogens with one attached hydrogen (secondary N) is 3. The number of carbonyl (C=O) groups excluding carboxylic acids is 2. The van der Waals surface area contributed by atoms with Gasteiger partial charge in [-0.05, 0) is 6.92 Å². The second-order valence-corrected chi connectivity index (χ2v) is 4.86. The maximum atomic E-state index is 11.5. The van der Waals surface area contributed by atoms with Crippen LogP contribution in [0, 0.1) is 0 Å². The number of rotatable bonds is 6. The van der Waals surface area contributed by atoms with Gasteiger partial charge in [0.1, 0.15) is 6.04 Å². The van der Waals surface area contributed by atoms with Crippen LogP contribution in [0.1, 0.15) is 22.4 Å². The van der Waals surface area contributed by atoms with E-state index in [9.17, 15) is 14.4 Å². The molecule has 1 unspecified atom stereocenters. The lowest BCUT2D eigenvalue weighted by Gasteiger charge is -2.12. The van der Waals surface area contributed by atoms with E-state index in [0.717, 1.165) is 0 Å². The molecule has 0 aliphatic rings. The molecule has 0 radical (unpaired) electrons. The number of likely N-dealkylation sites (N-methyl/N-ethyl adjacent to an activating group) is 1. The van der Waals surface area contributed by atoms with Crippen molar-refractivity contribution >= 4 is 29.2 Å². The summed E-state index contributed by atoms with van der Waals surface area (Å²) in [7, 11) is 1.49. The quantitative estimate of drug-likeness (QED) is 0.580. The van der Waals surface area contributed by atoms with Crippen LogP contribution in [0.25, 0.3) is 0 Å². The van der Waals surface area contributed by atoms with Crippen LogP contribution in [0.2, 0.25) is 0 Å². The molecule has 1 aromatic heterocycles. The van der Waals surface area contributed by atoms with Crippen LogP contribution in [0.5, 0.6) is 0 Å². The lowest BCUT2D eigenvalue weighted by molar-refractivity contribution is -0.122. The fraction of sp³-hybridized carbons (Fsp3) is 0.455. The summed E-state index contributed by atoms with van der Waals surface area (Å²) >= 11 is 1.22. The summed E-state index contributed by atoms with van der Waals surface area (Å²) in [6.45, 7) is 1.87. The summed E-state index contributed by atoms with van der Waals surface area (Å²) in [5.41, 5.74) is 0.00249. The highest BCUT2D eigenvalue weighted by molar-refractivity contribution is 7.09. The van der Waals surface area contributed by atoms with Gasteiger partial charge in [0.2, 0.25) is 5.91 Å². The molecule has 1 heterocycles. The fourth-order valence-electron chi connectivity index (χ4n) is 1.34. The van der Waals surface area contributed by atoms with Crippen LogP contribution in [0.4, 0.5) is 4.79 Å². The number of thiazole rings is 1. The van der Waals surface area contributed by atoms with E-state index in [1.165, 1.54) is 23.8 Å². The fourth-order valence-corrected chi connectivity index (χ4v) is 2.11. The summed E-state index contributed by atoms with van der Waals surface area (Å²) in [4.78, 5) is 37.2. The highest BCUT2D eigenvalue weighted by Crippen LogP contribution is 2.09. The number of carbonyl (C=O) groups is 3. The predicted molar refractivity (Wildman–Crippen MR) is 72.8 cm³/mol. The van der Waals surface area contributed by atoms with E-state index in [1.54, 1.807) is 6.92 Å². The number of amides is 3. The summed E-state index contributed by atoms with van der Waals surface area (Å²) in [5.74, 6) is -1.36. The van der Waals surface area contributed by atoms with Crippen molar-refractivity contribution in [2.75, 3.05) is 13.6 Å². The molecule has 0 aliphatic heterocycles. The SMILES string of the molecule is CNC(=O)C(C)NC(=O)NCCc1nc(C(=O)O)cs1. The van der Waals surface area contributed by atoms with Gasteiger partial charge in [0, 0.05) is 25.4 Å². The minimum absolute atomic E-state index is 0.00249. The van der Waals surface area contributed by atoms with E-state index in [2.05, 4.69) is 20.9 Å². The Balaban J connectivity index is 2.31. The number of carboxylic acids is 1. The normalized spacial score (nSPS) is 11.5. The Kier molecular flexibility index (Phi) is 5.91. The molecule has 1 aromatic rings. The summed E-state index contributed by atoms with van der Waals surface area (Å²) < 4.78 is 0. The van der Waals surface area contributed by atoms with Crippen molar-refractivity contribution in [1.29, 1.82) is 0 Å². The first-order chi connectivity index (χ1) is 9.43. The molecule has 0 bridgehead atoms. The molecule has 0 saturated heterocycles. The Bertz CT molecular complexity index is 502. The zero-order valence-corrected chi connectivity index (χ0v) is 11.9. The molecular weight excluding hydrogens is 284 g/mol. The summed E-state index contributed by atoms with van der Waals surface area (Å²) in [6, 6.07) is -1.09. The first kappa shape index (κ1) is 15.9. The second kappa shape index (κ2) is 7.43. The molecule has 0 saturated carbocycles. The van der Waals surface area contributed by atoms with Gasteiger partial charge in [0.15, 0.2) is 5.69 Å². The number of hydrogen-bond donors (Lipinski definition) is 4. The van der Waals surface area contributed by atoms with Gasteiger partial charge in [-0.15, -0.1) is 11.3 Å².